The van der Waals surface area contributed by atoms with Crippen molar-refractivity contribution in [2.75, 3.05) is 13.1 Å². The van der Waals surface area contributed by atoms with Gasteiger partial charge in [-0.15, -0.1) is 0 Å². The molecule has 0 aromatic rings. The molecule has 0 aliphatic heterocycles. The molecular weight excluding hydrogens is 176 g/mol. The molecule has 0 fully saturated rings. The molecule has 0 spiro atoms. The highest BCUT2D eigenvalue weighted by molar-refractivity contribution is 5.78. The van der Waals surface area contributed by atoms with E-state index in [-0.39, 0.29) is 17.9 Å². The second kappa shape index (κ2) is 6.82. The van der Waals surface area contributed by atoms with E-state index in [0.717, 1.165) is 12.8 Å². The Morgan fingerprint density at radius 2 is 1.93 bits per heavy atom. The van der Waals surface area contributed by atoms with Crippen LogP contribution in [-0.4, -0.2) is 29.9 Å². The van der Waals surface area contributed by atoms with Crippen molar-refractivity contribution in [1.82, 2.24) is 4.90 Å². The normalized spacial score (nSPS) is 13.0. The molecule has 0 radical (unpaired) electrons. The summed E-state index contributed by atoms with van der Waals surface area (Å²) in [4.78, 5) is 13.8. The molecule has 0 bridgehead atoms. The predicted octanol–water partition coefficient (Wildman–Crippen LogP) is 1.62. The molecule has 0 heterocycles. The third kappa shape index (κ3) is 4.09. The molecule has 1 unspecified atom stereocenters. The standard InChI is InChI=1S/C11H24N2O/c1-5-6-10(4)11(14)13(8-7-12)9(2)3/h9-10H,5-8,12H2,1-4H3. The van der Waals surface area contributed by atoms with Gasteiger partial charge in [0, 0.05) is 25.0 Å². The van der Waals surface area contributed by atoms with Crippen molar-refractivity contribution >= 4 is 5.91 Å². The summed E-state index contributed by atoms with van der Waals surface area (Å²) in [7, 11) is 0. The van der Waals surface area contributed by atoms with Crippen molar-refractivity contribution in [1.29, 1.82) is 0 Å². The Morgan fingerprint density at radius 1 is 1.36 bits per heavy atom. The van der Waals surface area contributed by atoms with Gasteiger partial charge >= 0.3 is 0 Å². The van der Waals surface area contributed by atoms with Crippen molar-refractivity contribution in [3.63, 3.8) is 0 Å². The van der Waals surface area contributed by atoms with Crippen LogP contribution in [0.2, 0.25) is 0 Å². The van der Waals surface area contributed by atoms with E-state index in [9.17, 15) is 4.79 Å². The lowest BCUT2D eigenvalue weighted by atomic mass is 10.0. The Labute approximate surface area is 87.6 Å². The smallest absolute Gasteiger partial charge is 0.225 e. The van der Waals surface area contributed by atoms with E-state index in [4.69, 9.17) is 5.73 Å². The van der Waals surface area contributed by atoms with E-state index in [1.54, 1.807) is 0 Å². The molecule has 0 rings (SSSR count). The first-order valence-corrected chi connectivity index (χ1v) is 5.55. The Morgan fingerprint density at radius 3 is 2.29 bits per heavy atom. The molecule has 14 heavy (non-hydrogen) atoms. The Balaban J connectivity index is 4.27. The summed E-state index contributed by atoms with van der Waals surface area (Å²) in [5.41, 5.74) is 5.49. The predicted molar refractivity (Wildman–Crippen MR) is 60.0 cm³/mol. The quantitative estimate of drug-likeness (QED) is 0.708. The maximum absolute atomic E-state index is 11.9. The number of rotatable bonds is 6. The molecular formula is C11H24N2O. The van der Waals surface area contributed by atoms with Crippen LogP contribution in [0.15, 0.2) is 0 Å². The van der Waals surface area contributed by atoms with Gasteiger partial charge in [-0.25, -0.2) is 0 Å². The summed E-state index contributed by atoms with van der Waals surface area (Å²) >= 11 is 0. The van der Waals surface area contributed by atoms with Crippen LogP contribution in [0.1, 0.15) is 40.5 Å². The summed E-state index contributed by atoms with van der Waals surface area (Å²) in [6.45, 7) is 9.38. The van der Waals surface area contributed by atoms with Gasteiger partial charge < -0.3 is 10.6 Å². The average molecular weight is 200 g/mol. The SMILES string of the molecule is CCCC(C)C(=O)N(CCN)C(C)C. The number of nitrogens with zero attached hydrogens (tertiary/aromatic N) is 1. The number of carbonyl (C=O) groups is 1. The van der Waals surface area contributed by atoms with E-state index in [0.29, 0.717) is 13.1 Å². The third-order valence-corrected chi connectivity index (χ3v) is 2.42. The Kier molecular flexibility index (Phi) is 6.54. The molecule has 1 amide bonds. The number of hydrogen-bond acceptors (Lipinski definition) is 2. The van der Waals surface area contributed by atoms with E-state index in [1.165, 1.54) is 0 Å². The molecule has 0 aromatic carbocycles. The fourth-order valence-electron chi connectivity index (χ4n) is 1.60. The molecule has 2 N–H and O–H groups in total. The minimum absolute atomic E-state index is 0.133. The minimum Gasteiger partial charge on any atom is -0.339 e. The van der Waals surface area contributed by atoms with E-state index in [2.05, 4.69) is 6.92 Å². The lowest BCUT2D eigenvalue weighted by molar-refractivity contribution is -0.136. The van der Waals surface area contributed by atoms with E-state index >= 15 is 0 Å². The van der Waals surface area contributed by atoms with Crippen molar-refractivity contribution in [2.24, 2.45) is 11.7 Å². The maximum atomic E-state index is 11.9. The fraction of sp³-hybridized carbons (Fsp3) is 0.909. The first kappa shape index (κ1) is 13.4. The second-order valence-corrected chi connectivity index (χ2v) is 4.10. The van der Waals surface area contributed by atoms with Gasteiger partial charge in [-0.3, -0.25) is 4.79 Å². The van der Waals surface area contributed by atoms with Crippen molar-refractivity contribution < 1.29 is 4.79 Å². The zero-order valence-corrected chi connectivity index (χ0v) is 9.92. The van der Waals surface area contributed by atoms with Gasteiger partial charge in [0.25, 0.3) is 0 Å². The summed E-state index contributed by atoms with van der Waals surface area (Å²) in [5, 5.41) is 0. The summed E-state index contributed by atoms with van der Waals surface area (Å²) < 4.78 is 0. The number of hydrogen-bond donors (Lipinski definition) is 1. The zero-order chi connectivity index (χ0) is 11.1. The van der Waals surface area contributed by atoms with Gasteiger partial charge in [-0.1, -0.05) is 20.3 Å². The van der Waals surface area contributed by atoms with Gasteiger partial charge in [0.2, 0.25) is 5.91 Å². The van der Waals surface area contributed by atoms with E-state index < -0.39 is 0 Å². The third-order valence-electron chi connectivity index (χ3n) is 2.42. The molecule has 0 aromatic heterocycles. The minimum atomic E-state index is 0.133. The highest BCUT2D eigenvalue weighted by Crippen LogP contribution is 2.11. The second-order valence-electron chi connectivity index (χ2n) is 4.10. The molecule has 1 atom stereocenters. The van der Waals surface area contributed by atoms with Crippen LogP contribution < -0.4 is 5.73 Å². The lowest BCUT2D eigenvalue weighted by Gasteiger charge is -2.29. The van der Waals surface area contributed by atoms with Crippen LogP contribution >= 0.6 is 0 Å². The molecule has 3 nitrogen and oxygen atoms in total. The maximum Gasteiger partial charge on any atom is 0.225 e. The van der Waals surface area contributed by atoms with Crippen molar-refractivity contribution in [3.05, 3.63) is 0 Å². The average Bonchev–Trinajstić information content (AvgIpc) is 2.13. The fourth-order valence-corrected chi connectivity index (χ4v) is 1.60. The zero-order valence-electron chi connectivity index (χ0n) is 9.92. The topological polar surface area (TPSA) is 46.3 Å². The molecule has 0 saturated heterocycles. The van der Waals surface area contributed by atoms with Crippen LogP contribution in [0.25, 0.3) is 0 Å². The molecule has 0 saturated carbocycles. The van der Waals surface area contributed by atoms with Crippen LogP contribution in [0.5, 0.6) is 0 Å². The first-order chi connectivity index (χ1) is 6.54. The largest absolute Gasteiger partial charge is 0.339 e. The molecule has 0 aliphatic carbocycles. The first-order valence-electron chi connectivity index (χ1n) is 5.55. The summed E-state index contributed by atoms with van der Waals surface area (Å²) in [5.74, 6) is 0.376. The number of nitrogens with two attached hydrogens (primary N) is 1. The summed E-state index contributed by atoms with van der Waals surface area (Å²) in [6.07, 6.45) is 2.02. The lowest BCUT2D eigenvalue weighted by Crippen LogP contribution is -2.43. The monoisotopic (exact) mass is 200 g/mol. The Hall–Kier alpha value is -0.570. The van der Waals surface area contributed by atoms with Crippen LogP contribution in [0.4, 0.5) is 0 Å². The number of amides is 1. The van der Waals surface area contributed by atoms with E-state index in [1.807, 2.05) is 25.7 Å². The van der Waals surface area contributed by atoms with Crippen LogP contribution in [-0.2, 0) is 4.79 Å². The van der Waals surface area contributed by atoms with Crippen molar-refractivity contribution in [3.8, 4) is 0 Å². The van der Waals surface area contributed by atoms with Gasteiger partial charge in [-0.05, 0) is 20.3 Å². The van der Waals surface area contributed by atoms with Gasteiger partial charge in [0.15, 0.2) is 0 Å². The number of carbonyl (C=O) groups excluding carboxylic acids is 1. The van der Waals surface area contributed by atoms with Gasteiger partial charge in [0.05, 0.1) is 0 Å². The molecule has 84 valence electrons. The summed E-state index contributed by atoms with van der Waals surface area (Å²) in [6, 6.07) is 0.255. The molecule has 3 heteroatoms. The highest BCUT2D eigenvalue weighted by atomic mass is 16.2. The Bertz CT molecular complexity index is 169. The highest BCUT2D eigenvalue weighted by Gasteiger charge is 2.21. The van der Waals surface area contributed by atoms with Crippen LogP contribution in [0, 0.1) is 5.92 Å². The molecule has 0 aliphatic rings. The van der Waals surface area contributed by atoms with Gasteiger partial charge in [-0.2, -0.15) is 0 Å². The van der Waals surface area contributed by atoms with Crippen LogP contribution in [0.3, 0.4) is 0 Å². The van der Waals surface area contributed by atoms with Gasteiger partial charge in [0.1, 0.15) is 0 Å². The van der Waals surface area contributed by atoms with Crippen molar-refractivity contribution in [2.45, 2.75) is 46.6 Å².